The Hall–Kier alpha value is -1.79. The van der Waals surface area contributed by atoms with Crippen molar-refractivity contribution < 1.29 is 22.3 Å². The monoisotopic (exact) mass is 310 g/mol. The van der Waals surface area contributed by atoms with Gasteiger partial charge in [-0.25, -0.2) is 17.2 Å². The van der Waals surface area contributed by atoms with Crippen LogP contribution in [0.15, 0.2) is 47.4 Å². The van der Waals surface area contributed by atoms with Gasteiger partial charge in [0, 0.05) is 11.1 Å². The largest absolute Gasteiger partial charge is 0.380 e. The molecular weight excluding hydrogens is 298 g/mol. The molecule has 1 aliphatic rings. The topological polar surface area (TPSA) is 54.4 Å². The van der Waals surface area contributed by atoms with E-state index in [4.69, 9.17) is 0 Å². The summed E-state index contributed by atoms with van der Waals surface area (Å²) >= 11 is 0. The molecule has 0 spiro atoms. The number of hydrogen-bond acceptors (Lipinski definition) is 3. The minimum absolute atomic E-state index is 0.0394. The zero-order chi connectivity index (χ0) is 15.3. The van der Waals surface area contributed by atoms with E-state index >= 15 is 0 Å². The summed E-state index contributed by atoms with van der Waals surface area (Å²) in [6.45, 7) is 0. The first kappa shape index (κ1) is 14.2. The fraction of sp³-hybridized carbons (Fsp3) is 0.200. The summed E-state index contributed by atoms with van der Waals surface area (Å²) in [6.07, 6.45) is -0.216. The van der Waals surface area contributed by atoms with Gasteiger partial charge in [0.05, 0.1) is 10.6 Å². The summed E-state index contributed by atoms with van der Waals surface area (Å²) in [5.74, 6) is -2.56. The second-order valence-electron chi connectivity index (χ2n) is 5.03. The van der Waals surface area contributed by atoms with Crippen LogP contribution in [0.5, 0.6) is 0 Å². The third-order valence-electron chi connectivity index (χ3n) is 3.80. The predicted molar refractivity (Wildman–Crippen MR) is 72.5 cm³/mol. The Morgan fingerprint density at radius 3 is 2.43 bits per heavy atom. The highest BCUT2D eigenvalue weighted by Gasteiger charge is 2.43. The molecule has 0 fully saturated rings. The highest BCUT2D eigenvalue weighted by molar-refractivity contribution is 7.91. The highest BCUT2D eigenvalue weighted by atomic mass is 32.2. The van der Waals surface area contributed by atoms with Crippen molar-refractivity contribution in [1.82, 2.24) is 0 Å². The van der Waals surface area contributed by atoms with Crippen molar-refractivity contribution in [2.45, 2.75) is 16.9 Å². The molecule has 2 aromatic rings. The number of halogens is 2. The molecule has 0 bridgehead atoms. The summed E-state index contributed by atoms with van der Waals surface area (Å²) in [5.41, 5.74) is -2.01. The van der Waals surface area contributed by atoms with Crippen molar-refractivity contribution in [2.75, 3.05) is 5.75 Å². The van der Waals surface area contributed by atoms with Crippen LogP contribution in [0.4, 0.5) is 8.78 Å². The van der Waals surface area contributed by atoms with Crippen LogP contribution in [0.1, 0.15) is 17.5 Å². The lowest BCUT2D eigenvalue weighted by molar-refractivity contribution is 0.0671. The SMILES string of the molecule is O=S1(=O)CCC(O)(c2cccc(F)c2F)c2ccccc21. The Bertz CT molecular complexity index is 817. The van der Waals surface area contributed by atoms with Crippen molar-refractivity contribution in [3.05, 3.63) is 65.2 Å². The Balaban J connectivity index is 2.30. The number of rotatable bonds is 1. The molecule has 3 nitrogen and oxygen atoms in total. The molecule has 0 saturated carbocycles. The summed E-state index contributed by atoms with van der Waals surface area (Å²) in [7, 11) is -3.52. The number of aliphatic hydroxyl groups is 1. The van der Waals surface area contributed by atoms with Crippen LogP contribution in [0.3, 0.4) is 0 Å². The van der Waals surface area contributed by atoms with Gasteiger partial charge in [-0.2, -0.15) is 0 Å². The molecule has 0 amide bonds. The fourth-order valence-electron chi connectivity index (χ4n) is 2.71. The second kappa shape index (κ2) is 4.61. The number of fused-ring (bicyclic) bond motifs is 1. The van der Waals surface area contributed by atoms with Gasteiger partial charge in [-0.15, -0.1) is 0 Å². The first-order valence-electron chi connectivity index (χ1n) is 6.35. The van der Waals surface area contributed by atoms with Gasteiger partial charge >= 0.3 is 0 Å². The zero-order valence-corrected chi connectivity index (χ0v) is 11.7. The average molecular weight is 310 g/mol. The van der Waals surface area contributed by atoms with Crippen LogP contribution in [0, 0.1) is 11.6 Å². The lowest BCUT2D eigenvalue weighted by Gasteiger charge is -2.34. The summed E-state index contributed by atoms with van der Waals surface area (Å²) < 4.78 is 51.6. The van der Waals surface area contributed by atoms with Gasteiger partial charge in [0.1, 0.15) is 5.60 Å². The second-order valence-corrected chi connectivity index (χ2v) is 7.10. The molecule has 0 aliphatic carbocycles. The molecule has 1 unspecified atom stereocenters. The first-order chi connectivity index (χ1) is 9.86. The van der Waals surface area contributed by atoms with E-state index in [1.165, 1.54) is 30.3 Å². The number of benzene rings is 2. The lowest BCUT2D eigenvalue weighted by atomic mass is 9.83. The maximum atomic E-state index is 14.0. The van der Waals surface area contributed by atoms with Crippen LogP contribution < -0.4 is 0 Å². The van der Waals surface area contributed by atoms with E-state index in [0.717, 1.165) is 6.07 Å². The minimum atomic E-state index is -3.52. The molecule has 21 heavy (non-hydrogen) atoms. The summed E-state index contributed by atoms with van der Waals surface area (Å²) in [4.78, 5) is -0.0394. The molecule has 0 radical (unpaired) electrons. The molecule has 1 N–H and O–H groups in total. The number of sulfone groups is 1. The van der Waals surface area contributed by atoms with Crippen molar-refractivity contribution in [3.8, 4) is 0 Å². The normalized spacial score (nSPS) is 23.6. The minimum Gasteiger partial charge on any atom is -0.380 e. The number of hydrogen-bond donors (Lipinski definition) is 1. The molecule has 2 aromatic carbocycles. The lowest BCUT2D eigenvalue weighted by Crippen LogP contribution is -2.37. The Kier molecular flexibility index (Phi) is 3.11. The quantitative estimate of drug-likeness (QED) is 0.880. The average Bonchev–Trinajstić information content (AvgIpc) is 2.47. The van der Waals surface area contributed by atoms with Crippen LogP contribution in [0.2, 0.25) is 0 Å². The summed E-state index contributed by atoms with van der Waals surface area (Å²) in [5, 5.41) is 10.9. The molecule has 1 aliphatic heterocycles. The Labute approximate surface area is 120 Å². The van der Waals surface area contributed by atoms with Crippen molar-refractivity contribution in [2.24, 2.45) is 0 Å². The van der Waals surface area contributed by atoms with E-state index in [2.05, 4.69) is 0 Å². The van der Waals surface area contributed by atoms with Gasteiger partial charge in [-0.3, -0.25) is 0 Å². The molecular formula is C15H12F2O3S. The van der Waals surface area contributed by atoms with E-state index in [1.54, 1.807) is 6.07 Å². The van der Waals surface area contributed by atoms with E-state index in [-0.39, 0.29) is 28.2 Å². The fourth-order valence-corrected chi connectivity index (χ4v) is 4.35. The Morgan fingerprint density at radius 1 is 1.00 bits per heavy atom. The summed E-state index contributed by atoms with van der Waals surface area (Å²) in [6, 6.07) is 9.40. The maximum Gasteiger partial charge on any atom is 0.178 e. The zero-order valence-electron chi connectivity index (χ0n) is 10.9. The highest BCUT2D eigenvalue weighted by Crippen LogP contribution is 2.42. The van der Waals surface area contributed by atoms with E-state index in [1.807, 2.05) is 0 Å². The van der Waals surface area contributed by atoms with Gasteiger partial charge < -0.3 is 5.11 Å². The van der Waals surface area contributed by atoms with Gasteiger partial charge in [0.15, 0.2) is 21.5 Å². The molecule has 0 aromatic heterocycles. The molecule has 110 valence electrons. The standard InChI is InChI=1S/C15H12F2O3S/c16-12-6-3-5-11(14(12)17)15(18)8-9-21(19,20)13-7-2-1-4-10(13)15/h1-7,18H,8-9H2. The molecule has 6 heteroatoms. The van der Waals surface area contributed by atoms with Crippen LogP contribution in [0.25, 0.3) is 0 Å². The first-order valence-corrected chi connectivity index (χ1v) is 8.00. The van der Waals surface area contributed by atoms with Gasteiger partial charge in [-0.05, 0) is 18.6 Å². The maximum absolute atomic E-state index is 14.0. The van der Waals surface area contributed by atoms with Crippen molar-refractivity contribution >= 4 is 9.84 Å². The third-order valence-corrected chi connectivity index (χ3v) is 5.57. The molecule has 1 heterocycles. The molecule has 3 rings (SSSR count). The van der Waals surface area contributed by atoms with E-state index in [0.29, 0.717) is 0 Å². The van der Waals surface area contributed by atoms with Crippen molar-refractivity contribution in [1.29, 1.82) is 0 Å². The van der Waals surface area contributed by atoms with Gasteiger partial charge in [-0.1, -0.05) is 30.3 Å². The Morgan fingerprint density at radius 2 is 1.67 bits per heavy atom. The predicted octanol–water partition coefficient (Wildman–Crippen LogP) is 2.38. The van der Waals surface area contributed by atoms with Crippen LogP contribution >= 0.6 is 0 Å². The molecule has 1 atom stereocenters. The third kappa shape index (κ3) is 2.06. The van der Waals surface area contributed by atoms with E-state index in [9.17, 15) is 22.3 Å². The van der Waals surface area contributed by atoms with E-state index < -0.39 is 27.1 Å². The molecule has 0 saturated heterocycles. The van der Waals surface area contributed by atoms with Crippen LogP contribution in [-0.4, -0.2) is 19.3 Å². The van der Waals surface area contributed by atoms with Crippen LogP contribution in [-0.2, 0) is 15.4 Å². The van der Waals surface area contributed by atoms with Gasteiger partial charge in [0.2, 0.25) is 0 Å². The van der Waals surface area contributed by atoms with Gasteiger partial charge in [0.25, 0.3) is 0 Å². The smallest absolute Gasteiger partial charge is 0.178 e. The van der Waals surface area contributed by atoms with Crippen molar-refractivity contribution in [3.63, 3.8) is 0 Å².